The van der Waals surface area contributed by atoms with E-state index in [1.165, 1.54) is 36.1 Å². The minimum atomic E-state index is -0.600. The molecular weight excluding hydrogens is 367 g/mol. The maximum atomic E-state index is 12.9. The van der Waals surface area contributed by atoms with E-state index in [2.05, 4.69) is 15.7 Å². The number of nitrogens with one attached hydrogen (secondary N) is 2. The predicted molar refractivity (Wildman–Crippen MR) is 99.8 cm³/mol. The minimum absolute atomic E-state index is 0.116. The second-order valence-electron chi connectivity index (χ2n) is 6.72. The van der Waals surface area contributed by atoms with E-state index in [1.54, 1.807) is 13.2 Å². The van der Waals surface area contributed by atoms with Crippen molar-refractivity contribution in [3.63, 3.8) is 0 Å². The Morgan fingerprint density at radius 3 is 2.71 bits per heavy atom. The first-order chi connectivity index (χ1) is 13.4. The molecule has 8 nitrogen and oxygen atoms in total. The molecular formula is C19H23FN4O4. The van der Waals surface area contributed by atoms with Crippen LogP contribution in [0.15, 0.2) is 30.5 Å². The number of rotatable bonds is 5. The predicted octanol–water partition coefficient (Wildman–Crippen LogP) is 2.86. The van der Waals surface area contributed by atoms with Crippen molar-refractivity contribution in [1.82, 2.24) is 15.1 Å². The third kappa shape index (κ3) is 4.99. The molecule has 0 aliphatic heterocycles. The SMILES string of the molecule is COc1nn(C)cc1C(=O)N[C@@H]1CCC[C@@H](OC(=O)Nc2ccc(F)cc2)C1. The largest absolute Gasteiger partial charge is 0.479 e. The van der Waals surface area contributed by atoms with E-state index in [-0.39, 0.29) is 29.8 Å². The Bertz CT molecular complexity index is 837. The summed E-state index contributed by atoms with van der Waals surface area (Å²) in [7, 11) is 3.17. The number of hydrogen-bond acceptors (Lipinski definition) is 5. The van der Waals surface area contributed by atoms with Gasteiger partial charge in [-0.25, -0.2) is 9.18 Å². The zero-order valence-electron chi connectivity index (χ0n) is 15.8. The first-order valence-corrected chi connectivity index (χ1v) is 9.06. The van der Waals surface area contributed by atoms with Gasteiger partial charge in [0.15, 0.2) is 0 Å². The van der Waals surface area contributed by atoms with Crippen molar-refractivity contribution >= 4 is 17.7 Å². The van der Waals surface area contributed by atoms with Crippen LogP contribution in [0.2, 0.25) is 0 Å². The molecule has 3 rings (SSSR count). The smallest absolute Gasteiger partial charge is 0.411 e. The molecule has 2 N–H and O–H groups in total. The molecule has 28 heavy (non-hydrogen) atoms. The van der Waals surface area contributed by atoms with Crippen LogP contribution in [0.25, 0.3) is 0 Å². The standard InChI is InChI=1S/C19H23FN4O4/c1-24-11-16(18(23-24)27-2)17(25)21-14-4-3-5-15(10-14)28-19(26)22-13-8-6-12(20)7-9-13/h6-9,11,14-15H,3-5,10H2,1-2H3,(H,21,25)(H,22,26)/t14-,15-/m1/s1. The Morgan fingerprint density at radius 1 is 1.25 bits per heavy atom. The molecule has 1 aliphatic rings. The highest BCUT2D eigenvalue weighted by molar-refractivity contribution is 5.96. The molecule has 0 saturated heterocycles. The van der Waals surface area contributed by atoms with Gasteiger partial charge in [-0.05, 0) is 43.5 Å². The maximum absolute atomic E-state index is 12.9. The quantitative estimate of drug-likeness (QED) is 0.819. The molecule has 2 aromatic rings. The molecule has 9 heteroatoms. The minimum Gasteiger partial charge on any atom is -0.479 e. The molecule has 0 bridgehead atoms. The number of anilines is 1. The first-order valence-electron chi connectivity index (χ1n) is 9.06. The number of carbonyl (C=O) groups is 2. The molecule has 0 unspecified atom stereocenters. The van der Waals surface area contributed by atoms with Gasteiger partial charge >= 0.3 is 6.09 Å². The Morgan fingerprint density at radius 2 is 2.00 bits per heavy atom. The second kappa shape index (κ2) is 8.73. The van der Waals surface area contributed by atoms with Crippen molar-refractivity contribution in [3.8, 4) is 5.88 Å². The number of benzene rings is 1. The van der Waals surface area contributed by atoms with Crippen molar-refractivity contribution in [2.45, 2.75) is 37.8 Å². The highest BCUT2D eigenvalue weighted by Crippen LogP contribution is 2.23. The van der Waals surface area contributed by atoms with Gasteiger partial charge < -0.3 is 14.8 Å². The zero-order chi connectivity index (χ0) is 20.1. The van der Waals surface area contributed by atoms with Gasteiger partial charge in [-0.1, -0.05) is 0 Å². The lowest BCUT2D eigenvalue weighted by atomic mass is 9.92. The van der Waals surface area contributed by atoms with Crippen LogP contribution in [-0.2, 0) is 11.8 Å². The number of amides is 2. The van der Waals surface area contributed by atoms with Gasteiger partial charge in [-0.3, -0.25) is 14.8 Å². The van der Waals surface area contributed by atoms with E-state index in [1.807, 2.05) is 0 Å². The molecule has 1 heterocycles. The molecule has 1 aromatic heterocycles. The van der Waals surface area contributed by atoms with Crippen LogP contribution in [0.3, 0.4) is 0 Å². The second-order valence-corrected chi connectivity index (χ2v) is 6.72. The summed E-state index contributed by atoms with van der Waals surface area (Å²) in [5, 5.41) is 9.61. The van der Waals surface area contributed by atoms with Crippen molar-refractivity contribution in [1.29, 1.82) is 0 Å². The normalized spacial score (nSPS) is 19.0. The van der Waals surface area contributed by atoms with Crippen molar-refractivity contribution in [3.05, 3.63) is 41.8 Å². The summed E-state index contributed by atoms with van der Waals surface area (Å²) in [5.74, 6) is -0.385. The lowest BCUT2D eigenvalue weighted by Gasteiger charge is -2.29. The third-order valence-electron chi connectivity index (χ3n) is 4.56. The van der Waals surface area contributed by atoms with Gasteiger partial charge in [0, 0.05) is 31.4 Å². The number of hydrogen-bond donors (Lipinski definition) is 2. The fourth-order valence-corrected chi connectivity index (χ4v) is 3.25. The number of aryl methyl sites for hydroxylation is 1. The van der Waals surface area contributed by atoms with Crippen LogP contribution < -0.4 is 15.4 Å². The van der Waals surface area contributed by atoms with Gasteiger partial charge in [0.25, 0.3) is 5.91 Å². The Labute approximate surface area is 162 Å². The molecule has 2 atom stereocenters. The summed E-state index contributed by atoms with van der Waals surface area (Å²) in [6.07, 6.45) is 3.55. The molecule has 1 aromatic carbocycles. The summed E-state index contributed by atoms with van der Waals surface area (Å²) >= 11 is 0. The van der Waals surface area contributed by atoms with E-state index in [4.69, 9.17) is 9.47 Å². The van der Waals surface area contributed by atoms with Crippen molar-refractivity contribution < 1.29 is 23.5 Å². The average molecular weight is 390 g/mol. The fourth-order valence-electron chi connectivity index (χ4n) is 3.25. The van der Waals surface area contributed by atoms with Gasteiger partial charge in [0.2, 0.25) is 5.88 Å². The van der Waals surface area contributed by atoms with Gasteiger partial charge in [0.1, 0.15) is 17.5 Å². The highest BCUT2D eigenvalue weighted by Gasteiger charge is 2.27. The van der Waals surface area contributed by atoms with E-state index in [9.17, 15) is 14.0 Å². The number of methoxy groups -OCH3 is 1. The molecule has 1 saturated carbocycles. The summed E-state index contributed by atoms with van der Waals surface area (Å²) < 4.78 is 25.0. The summed E-state index contributed by atoms with van der Waals surface area (Å²) in [6, 6.07) is 5.32. The third-order valence-corrected chi connectivity index (χ3v) is 4.56. The zero-order valence-corrected chi connectivity index (χ0v) is 15.8. The topological polar surface area (TPSA) is 94.5 Å². The molecule has 150 valence electrons. The van der Waals surface area contributed by atoms with E-state index < -0.39 is 6.09 Å². The van der Waals surface area contributed by atoms with E-state index in [0.29, 0.717) is 17.7 Å². The van der Waals surface area contributed by atoms with Crippen LogP contribution >= 0.6 is 0 Å². The lowest BCUT2D eigenvalue weighted by molar-refractivity contribution is 0.0712. The van der Waals surface area contributed by atoms with Crippen LogP contribution in [0.5, 0.6) is 5.88 Å². The number of aromatic nitrogens is 2. The van der Waals surface area contributed by atoms with Crippen LogP contribution in [0, 0.1) is 5.82 Å². The summed E-state index contributed by atoms with van der Waals surface area (Å²) in [4.78, 5) is 24.6. The Hall–Kier alpha value is -3.10. The molecule has 0 spiro atoms. The molecule has 0 radical (unpaired) electrons. The van der Waals surface area contributed by atoms with Gasteiger partial charge in [-0.2, -0.15) is 0 Å². The Balaban J connectivity index is 1.52. The maximum Gasteiger partial charge on any atom is 0.411 e. The van der Waals surface area contributed by atoms with Crippen molar-refractivity contribution in [2.24, 2.45) is 7.05 Å². The molecule has 1 fully saturated rings. The first kappa shape index (κ1) is 19.7. The molecule has 2 amide bonds. The summed E-state index contributed by atoms with van der Waals surface area (Å²) in [5.41, 5.74) is 0.817. The van der Waals surface area contributed by atoms with E-state index in [0.717, 1.165) is 19.3 Å². The number of carbonyl (C=O) groups excluding carboxylic acids is 2. The number of halogens is 1. The summed E-state index contributed by atoms with van der Waals surface area (Å²) in [6.45, 7) is 0. The number of nitrogens with zero attached hydrogens (tertiary/aromatic N) is 2. The highest BCUT2D eigenvalue weighted by atomic mass is 19.1. The fraction of sp³-hybridized carbons (Fsp3) is 0.421. The lowest BCUT2D eigenvalue weighted by Crippen LogP contribution is -2.41. The van der Waals surface area contributed by atoms with Gasteiger partial charge in [-0.15, -0.1) is 5.10 Å². The van der Waals surface area contributed by atoms with Crippen LogP contribution in [-0.4, -0.2) is 41.0 Å². The van der Waals surface area contributed by atoms with E-state index >= 15 is 0 Å². The average Bonchev–Trinajstić information content (AvgIpc) is 3.05. The van der Waals surface area contributed by atoms with Crippen LogP contribution in [0.1, 0.15) is 36.0 Å². The monoisotopic (exact) mass is 390 g/mol. The molecule has 1 aliphatic carbocycles. The Kier molecular flexibility index (Phi) is 6.13. The van der Waals surface area contributed by atoms with Crippen molar-refractivity contribution in [2.75, 3.05) is 12.4 Å². The van der Waals surface area contributed by atoms with Gasteiger partial charge in [0.05, 0.1) is 7.11 Å². The number of ether oxygens (including phenoxy) is 2. The van der Waals surface area contributed by atoms with Crippen LogP contribution in [0.4, 0.5) is 14.9 Å².